The highest BCUT2D eigenvalue weighted by atomic mass is 32.2. The van der Waals surface area contributed by atoms with Crippen LogP contribution < -0.4 is 0 Å². The van der Waals surface area contributed by atoms with Crippen LogP contribution in [0.15, 0.2) is 54.6 Å². The van der Waals surface area contributed by atoms with Crippen molar-refractivity contribution < 1.29 is 9.59 Å². The van der Waals surface area contributed by atoms with Crippen molar-refractivity contribution in [1.29, 1.82) is 0 Å². The van der Waals surface area contributed by atoms with E-state index in [-0.39, 0.29) is 11.8 Å². The van der Waals surface area contributed by atoms with Gasteiger partial charge in [0.25, 0.3) is 0 Å². The minimum Gasteiger partial charge on any atom is -0.339 e. The number of nitrogens with zero attached hydrogens (tertiary/aromatic N) is 2. The minimum absolute atomic E-state index is 0.179. The van der Waals surface area contributed by atoms with Crippen LogP contribution in [-0.2, 0) is 21.8 Å². The second-order valence-electron chi connectivity index (χ2n) is 7.58. The number of carbonyl (C=O) groups is 2. The molecule has 1 saturated heterocycles. The average molecular weight is 411 g/mol. The number of aryl methyl sites for hydroxylation is 2. The largest absolute Gasteiger partial charge is 0.339 e. The van der Waals surface area contributed by atoms with Crippen LogP contribution in [0.25, 0.3) is 0 Å². The Morgan fingerprint density at radius 2 is 1.45 bits per heavy atom. The third-order valence-corrected chi connectivity index (χ3v) is 6.29. The van der Waals surface area contributed by atoms with E-state index in [9.17, 15) is 9.59 Å². The lowest BCUT2D eigenvalue weighted by molar-refractivity contribution is -0.138. The lowest BCUT2D eigenvalue weighted by Crippen LogP contribution is -2.51. The summed E-state index contributed by atoms with van der Waals surface area (Å²) in [5.41, 5.74) is 3.78. The standard InChI is InChI=1S/C24H30N2O2S/c1-20-10-12-22(13-11-20)18-29-19-24(28)26-16-14-25(15-17-26)23(27)9-5-8-21-6-3-2-4-7-21/h2-4,6-7,10-13H,5,8-9,14-19H2,1H3. The zero-order chi connectivity index (χ0) is 20.5. The van der Waals surface area contributed by atoms with Crippen molar-refractivity contribution >= 4 is 23.6 Å². The molecule has 4 nitrogen and oxygen atoms in total. The molecule has 1 heterocycles. The van der Waals surface area contributed by atoms with Gasteiger partial charge in [-0.15, -0.1) is 11.8 Å². The van der Waals surface area contributed by atoms with E-state index in [1.807, 2.05) is 28.0 Å². The van der Waals surface area contributed by atoms with Crippen molar-refractivity contribution in [2.75, 3.05) is 31.9 Å². The summed E-state index contributed by atoms with van der Waals surface area (Å²) in [5.74, 6) is 1.74. The van der Waals surface area contributed by atoms with Crippen LogP contribution in [0.2, 0.25) is 0 Å². The second kappa shape index (κ2) is 11.1. The van der Waals surface area contributed by atoms with Gasteiger partial charge >= 0.3 is 0 Å². The van der Waals surface area contributed by atoms with E-state index in [0.29, 0.717) is 38.4 Å². The van der Waals surface area contributed by atoms with Crippen molar-refractivity contribution in [2.45, 2.75) is 31.9 Å². The summed E-state index contributed by atoms with van der Waals surface area (Å²) >= 11 is 1.66. The molecule has 0 unspecified atom stereocenters. The van der Waals surface area contributed by atoms with Gasteiger partial charge in [0.2, 0.25) is 11.8 Å². The van der Waals surface area contributed by atoms with Gasteiger partial charge in [-0.25, -0.2) is 0 Å². The van der Waals surface area contributed by atoms with E-state index in [1.54, 1.807) is 11.8 Å². The molecule has 2 aromatic carbocycles. The van der Waals surface area contributed by atoms with Crippen LogP contribution >= 0.6 is 11.8 Å². The first-order valence-electron chi connectivity index (χ1n) is 10.3. The molecule has 0 N–H and O–H groups in total. The Morgan fingerprint density at radius 1 is 0.828 bits per heavy atom. The van der Waals surface area contributed by atoms with Gasteiger partial charge in [-0.1, -0.05) is 60.2 Å². The van der Waals surface area contributed by atoms with Crippen LogP contribution in [0.5, 0.6) is 0 Å². The summed E-state index contributed by atoms with van der Waals surface area (Å²) in [6, 6.07) is 18.7. The van der Waals surface area contributed by atoms with E-state index in [2.05, 4.69) is 43.3 Å². The Labute approximate surface area is 178 Å². The molecular weight excluding hydrogens is 380 g/mol. The number of benzene rings is 2. The van der Waals surface area contributed by atoms with Crippen LogP contribution in [0, 0.1) is 6.92 Å². The average Bonchev–Trinajstić information content (AvgIpc) is 2.76. The second-order valence-corrected chi connectivity index (χ2v) is 8.56. The summed E-state index contributed by atoms with van der Waals surface area (Å²) < 4.78 is 0. The lowest BCUT2D eigenvalue weighted by atomic mass is 10.1. The monoisotopic (exact) mass is 410 g/mol. The molecule has 5 heteroatoms. The van der Waals surface area contributed by atoms with Gasteiger partial charge < -0.3 is 9.80 Å². The normalized spacial score (nSPS) is 14.1. The molecule has 0 bridgehead atoms. The molecule has 1 aliphatic rings. The van der Waals surface area contributed by atoms with Gasteiger partial charge in [-0.05, 0) is 30.9 Å². The fourth-order valence-electron chi connectivity index (χ4n) is 3.48. The Bertz CT molecular complexity index is 784. The molecule has 0 saturated carbocycles. The predicted molar refractivity (Wildman–Crippen MR) is 120 cm³/mol. The predicted octanol–water partition coefficient (Wildman–Crippen LogP) is 3.92. The maximum Gasteiger partial charge on any atom is 0.232 e. The third kappa shape index (κ3) is 6.93. The van der Waals surface area contributed by atoms with Crippen molar-refractivity contribution in [1.82, 2.24) is 9.80 Å². The molecule has 0 aromatic heterocycles. The Morgan fingerprint density at radius 3 is 2.10 bits per heavy atom. The van der Waals surface area contributed by atoms with Crippen molar-refractivity contribution in [2.24, 2.45) is 0 Å². The summed E-state index contributed by atoms with van der Waals surface area (Å²) in [7, 11) is 0. The highest BCUT2D eigenvalue weighted by Gasteiger charge is 2.23. The highest BCUT2D eigenvalue weighted by molar-refractivity contribution is 7.99. The maximum atomic E-state index is 12.4. The Hall–Kier alpha value is -2.27. The number of thioether (sulfide) groups is 1. The molecule has 154 valence electrons. The van der Waals surface area contributed by atoms with Crippen molar-refractivity contribution in [3.8, 4) is 0 Å². The molecule has 0 aliphatic carbocycles. The number of piperazine rings is 1. The molecule has 1 aliphatic heterocycles. The molecule has 2 aromatic rings. The van der Waals surface area contributed by atoms with Gasteiger partial charge in [0.1, 0.15) is 0 Å². The van der Waals surface area contributed by atoms with Gasteiger partial charge in [-0.3, -0.25) is 9.59 Å². The molecule has 0 radical (unpaired) electrons. The molecule has 0 atom stereocenters. The molecule has 2 amide bonds. The topological polar surface area (TPSA) is 40.6 Å². The van der Waals surface area contributed by atoms with Crippen LogP contribution in [0.4, 0.5) is 0 Å². The molecular formula is C24H30N2O2S. The van der Waals surface area contributed by atoms with E-state index >= 15 is 0 Å². The van der Waals surface area contributed by atoms with Crippen molar-refractivity contribution in [3.05, 3.63) is 71.3 Å². The third-order valence-electron chi connectivity index (χ3n) is 5.30. The van der Waals surface area contributed by atoms with Crippen LogP contribution in [0.3, 0.4) is 0 Å². The molecule has 3 rings (SSSR count). The number of hydrogen-bond donors (Lipinski definition) is 0. The summed E-state index contributed by atoms with van der Waals surface area (Å²) in [5, 5.41) is 0. The molecule has 0 spiro atoms. The Balaban J connectivity index is 1.32. The van der Waals surface area contributed by atoms with E-state index < -0.39 is 0 Å². The zero-order valence-electron chi connectivity index (χ0n) is 17.2. The minimum atomic E-state index is 0.179. The number of amides is 2. The molecule has 29 heavy (non-hydrogen) atoms. The lowest BCUT2D eigenvalue weighted by Gasteiger charge is -2.35. The van der Waals surface area contributed by atoms with Crippen LogP contribution in [0.1, 0.15) is 29.5 Å². The van der Waals surface area contributed by atoms with Gasteiger partial charge in [0.15, 0.2) is 0 Å². The molecule has 1 fully saturated rings. The quantitative estimate of drug-likeness (QED) is 0.662. The number of hydrogen-bond acceptors (Lipinski definition) is 3. The van der Waals surface area contributed by atoms with Gasteiger partial charge in [-0.2, -0.15) is 0 Å². The maximum absolute atomic E-state index is 12.4. The van der Waals surface area contributed by atoms with Crippen molar-refractivity contribution in [3.63, 3.8) is 0 Å². The first-order valence-corrected chi connectivity index (χ1v) is 11.5. The SMILES string of the molecule is Cc1ccc(CSCC(=O)N2CCN(C(=O)CCCc3ccccc3)CC2)cc1. The van der Waals surface area contributed by atoms with Gasteiger partial charge in [0.05, 0.1) is 5.75 Å². The first kappa shape index (κ1) is 21.4. The summed E-state index contributed by atoms with van der Waals surface area (Å²) in [6.45, 7) is 4.67. The van der Waals surface area contributed by atoms with E-state index in [1.165, 1.54) is 16.7 Å². The summed E-state index contributed by atoms with van der Waals surface area (Å²) in [6.07, 6.45) is 2.39. The fourth-order valence-corrected chi connectivity index (χ4v) is 4.37. The number of carbonyl (C=O) groups excluding carboxylic acids is 2. The first-order chi connectivity index (χ1) is 14.1. The smallest absolute Gasteiger partial charge is 0.232 e. The fraction of sp³-hybridized carbons (Fsp3) is 0.417. The van der Waals surface area contributed by atoms with E-state index in [4.69, 9.17) is 0 Å². The van der Waals surface area contributed by atoms with Gasteiger partial charge in [0, 0.05) is 38.4 Å². The summed E-state index contributed by atoms with van der Waals surface area (Å²) in [4.78, 5) is 28.7. The Kier molecular flexibility index (Phi) is 8.17. The van der Waals surface area contributed by atoms with Crippen LogP contribution in [-0.4, -0.2) is 53.5 Å². The zero-order valence-corrected chi connectivity index (χ0v) is 18.0. The highest BCUT2D eigenvalue weighted by Crippen LogP contribution is 2.15. The number of rotatable bonds is 8. The van der Waals surface area contributed by atoms with E-state index in [0.717, 1.165) is 18.6 Å².